The summed E-state index contributed by atoms with van der Waals surface area (Å²) >= 11 is 0. The van der Waals surface area contributed by atoms with E-state index in [9.17, 15) is 0 Å². The Bertz CT molecular complexity index is 427. The Balaban J connectivity index is 2.87. The van der Waals surface area contributed by atoms with E-state index >= 15 is 0 Å². The molecular formula is C10H12N2. The minimum Gasteiger partial charge on any atom is -0.343 e. The molecule has 0 atom stereocenters. The lowest BCUT2D eigenvalue weighted by Gasteiger charge is -1.91. The van der Waals surface area contributed by atoms with Crippen LogP contribution in [-0.2, 0) is 0 Å². The Hall–Kier alpha value is -1.31. The predicted octanol–water partition coefficient (Wildman–Crippen LogP) is 2.49. The number of aryl methyl sites for hydroxylation is 3. The van der Waals surface area contributed by atoms with Crippen LogP contribution in [0.5, 0.6) is 0 Å². The molecule has 2 heterocycles. The van der Waals surface area contributed by atoms with Crippen molar-refractivity contribution in [2.24, 2.45) is 0 Å². The lowest BCUT2D eigenvalue weighted by atomic mass is 10.2. The van der Waals surface area contributed by atoms with E-state index in [-0.39, 0.29) is 0 Å². The van der Waals surface area contributed by atoms with Gasteiger partial charge in [0, 0.05) is 16.8 Å². The quantitative estimate of drug-likeness (QED) is 0.630. The molecule has 0 aliphatic heterocycles. The van der Waals surface area contributed by atoms with Gasteiger partial charge in [-0.15, -0.1) is 0 Å². The molecule has 0 saturated heterocycles. The fourth-order valence-corrected chi connectivity index (χ4v) is 1.43. The van der Waals surface area contributed by atoms with Crippen LogP contribution in [0.2, 0.25) is 0 Å². The summed E-state index contributed by atoms with van der Waals surface area (Å²) in [7, 11) is 0. The normalized spacial score (nSPS) is 10.9. The second-order valence-electron chi connectivity index (χ2n) is 3.22. The number of hydrogen-bond acceptors (Lipinski definition) is 1. The smallest absolute Gasteiger partial charge is 0.138 e. The van der Waals surface area contributed by atoms with Gasteiger partial charge in [-0.1, -0.05) is 0 Å². The van der Waals surface area contributed by atoms with Gasteiger partial charge in [0.25, 0.3) is 0 Å². The molecule has 0 aliphatic rings. The molecule has 2 aromatic rings. The van der Waals surface area contributed by atoms with Crippen molar-refractivity contribution in [2.75, 3.05) is 0 Å². The Morgan fingerprint density at radius 1 is 1.17 bits per heavy atom. The topological polar surface area (TPSA) is 28.7 Å². The van der Waals surface area contributed by atoms with Crippen molar-refractivity contribution in [3.8, 4) is 0 Å². The van der Waals surface area contributed by atoms with Gasteiger partial charge < -0.3 is 4.98 Å². The first-order valence-electron chi connectivity index (χ1n) is 4.11. The Morgan fingerprint density at radius 2 is 1.92 bits per heavy atom. The molecular weight excluding hydrogens is 148 g/mol. The van der Waals surface area contributed by atoms with Crippen molar-refractivity contribution >= 4 is 11.0 Å². The zero-order chi connectivity index (χ0) is 8.72. The first-order chi connectivity index (χ1) is 5.68. The van der Waals surface area contributed by atoms with Gasteiger partial charge in [-0.2, -0.15) is 0 Å². The Labute approximate surface area is 71.6 Å². The van der Waals surface area contributed by atoms with Crippen LogP contribution < -0.4 is 0 Å². The third-order valence-corrected chi connectivity index (χ3v) is 2.31. The SMILES string of the molecule is Cc1ccc2c(C)c(C)[nH]c2n1. The van der Waals surface area contributed by atoms with Gasteiger partial charge in [-0.05, 0) is 38.5 Å². The number of pyridine rings is 1. The van der Waals surface area contributed by atoms with Gasteiger partial charge >= 0.3 is 0 Å². The standard InChI is InChI=1S/C10H12N2/c1-6-4-5-9-7(2)8(3)12-10(9)11-6/h4-5H,1-3H3,(H,11,12). The lowest BCUT2D eigenvalue weighted by Crippen LogP contribution is -1.80. The molecule has 0 fully saturated rings. The minimum atomic E-state index is 1.00. The van der Waals surface area contributed by atoms with Crippen LogP contribution in [0.1, 0.15) is 17.0 Å². The number of rotatable bonds is 0. The van der Waals surface area contributed by atoms with Crippen molar-refractivity contribution in [3.05, 3.63) is 29.1 Å². The average Bonchev–Trinajstić information content (AvgIpc) is 2.28. The molecule has 0 amide bonds. The van der Waals surface area contributed by atoms with Crippen molar-refractivity contribution in [1.82, 2.24) is 9.97 Å². The van der Waals surface area contributed by atoms with E-state index in [1.54, 1.807) is 0 Å². The van der Waals surface area contributed by atoms with Crippen molar-refractivity contribution in [1.29, 1.82) is 0 Å². The molecule has 0 spiro atoms. The molecule has 0 aromatic carbocycles. The zero-order valence-electron chi connectivity index (χ0n) is 7.60. The maximum atomic E-state index is 4.40. The van der Waals surface area contributed by atoms with Gasteiger partial charge in [0.1, 0.15) is 5.65 Å². The average molecular weight is 160 g/mol. The molecule has 1 N–H and O–H groups in total. The molecule has 2 heteroatoms. The summed E-state index contributed by atoms with van der Waals surface area (Å²) in [5.41, 5.74) is 4.58. The van der Waals surface area contributed by atoms with E-state index in [0.29, 0.717) is 0 Å². The summed E-state index contributed by atoms with van der Waals surface area (Å²) in [6.45, 7) is 6.20. The molecule has 2 rings (SSSR count). The monoisotopic (exact) mass is 160 g/mol. The van der Waals surface area contributed by atoms with Gasteiger partial charge in [0.2, 0.25) is 0 Å². The van der Waals surface area contributed by atoms with Gasteiger partial charge in [0.05, 0.1) is 0 Å². The van der Waals surface area contributed by atoms with E-state index in [4.69, 9.17) is 0 Å². The first-order valence-corrected chi connectivity index (χ1v) is 4.11. The van der Waals surface area contributed by atoms with E-state index in [0.717, 1.165) is 11.3 Å². The van der Waals surface area contributed by atoms with Crippen LogP contribution in [-0.4, -0.2) is 9.97 Å². The fraction of sp³-hybridized carbons (Fsp3) is 0.300. The Morgan fingerprint density at radius 3 is 2.67 bits per heavy atom. The van der Waals surface area contributed by atoms with Gasteiger partial charge in [-0.3, -0.25) is 0 Å². The molecule has 0 radical (unpaired) electrons. The number of nitrogens with one attached hydrogen (secondary N) is 1. The van der Waals surface area contributed by atoms with E-state index in [1.807, 2.05) is 13.0 Å². The fourth-order valence-electron chi connectivity index (χ4n) is 1.43. The summed E-state index contributed by atoms with van der Waals surface area (Å²) in [5.74, 6) is 0. The highest BCUT2D eigenvalue weighted by atomic mass is 14.9. The molecule has 0 bridgehead atoms. The molecule has 0 unspecified atom stereocenters. The maximum absolute atomic E-state index is 4.40. The van der Waals surface area contributed by atoms with Crippen molar-refractivity contribution < 1.29 is 0 Å². The van der Waals surface area contributed by atoms with Crippen molar-refractivity contribution in [3.63, 3.8) is 0 Å². The van der Waals surface area contributed by atoms with E-state index < -0.39 is 0 Å². The first kappa shape index (κ1) is 7.35. The minimum absolute atomic E-state index is 1.00. The third-order valence-electron chi connectivity index (χ3n) is 2.31. The van der Waals surface area contributed by atoms with E-state index in [1.165, 1.54) is 16.6 Å². The van der Waals surface area contributed by atoms with Crippen molar-refractivity contribution in [2.45, 2.75) is 20.8 Å². The summed E-state index contributed by atoms with van der Waals surface area (Å²) in [6, 6.07) is 4.17. The largest absolute Gasteiger partial charge is 0.343 e. The molecule has 2 nitrogen and oxygen atoms in total. The number of aromatic amines is 1. The molecule has 0 saturated carbocycles. The third kappa shape index (κ3) is 0.916. The highest BCUT2D eigenvalue weighted by Gasteiger charge is 2.03. The summed E-state index contributed by atoms with van der Waals surface area (Å²) in [4.78, 5) is 7.66. The maximum Gasteiger partial charge on any atom is 0.138 e. The molecule has 2 aromatic heterocycles. The highest BCUT2D eigenvalue weighted by Crippen LogP contribution is 2.19. The van der Waals surface area contributed by atoms with Crippen LogP contribution in [0.4, 0.5) is 0 Å². The van der Waals surface area contributed by atoms with Crippen LogP contribution in [0.15, 0.2) is 12.1 Å². The van der Waals surface area contributed by atoms with Crippen LogP contribution >= 0.6 is 0 Å². The number of nitrogens with zero attached hydrogens (tertiary/aromatic N) is 1. The second kappa shape index (κ2) is 2.34. The second-order valence-corrected chi connectivity index (χ2v) is 3.22. The van der Waals surface area contributed by atoms with Crippen LogP contribution in [0.3, 0.4) is 0 Å². The number of hydrogen-bond donors (Lipinski definition) is 1. The highest BCUT2D eigenvalue weighted by molar-refractivity contribution is 5.80. The summed E-state index contributed by atoms with van der Waals surface area (Å²) in [6.07, 6.45) is 0. The van der Waals surface area contributed by atoms with Crippen LogP contribution in [0, 0.1) is 20.8 Å². The number of H-pyrrole nitrogens is 1. The Kier molecular flexibility index (Phi) is 1.43. The number of aromatic nitrogens is 2. The van der Waals surface area contributed by atoms with Crippen LogP contribution in [0.25, 0.3) is 11.0 Å². The van der Waals surface area contributed by atoms with Gasteiger partial charge in [0.15, 0.2) is 0 Å². The summed E-state index contributed by atoms with van der Waals surface area (Å²) in [5, 5.41) is 1.23. The molecule has 62 valence electrons. The number of fused-ring (bicyclic) bond motifs is 1. The predicted molar refractivity (Wildman–Crippen MR) is 50.3 cm³/mol. The zero-order valence-corrected chi connectivity index (χ0v) is 7.60. The molecule has 12 heavy (non-hydrogen) atoms. The van der Waals surface area contributed by atoms with E-state index in [2.05, 4.69) is 29.9 Å². The summed E-state index contributed by atoms with van der Waals surface area (Å²) < 4.78 is 0. The lowest BCUT2D eigenvalue weighted by molar-refractivity contribution is 1.19. The van der Waals surface area contributed by atoms with Gasteiger partial charge in [-0.25, -0.2) is 4.98 Å². The molecule has 0 aliphatic carbocycles.